The van der Waals surface area contributed by atoms with Gasteiger partial charge in [0, 0.05) is 6.92 Å². The predicted molar refractivity (Wildman–Crippen MR) is 57.7 cm³/mol. The molecule has 1 N–H and O–H groups in total. The molecule has 0 bridgehead atoms. The summed E-state index contributed by atoms with van der Waals surface area (Å²) >= 11 is 0. The monoisotopic (exact) mass is 261 g/mol. The van der Waals surface area contributed by atoms with E-state index < -0.39 is 17.6 Å². The Hall–Kier alpha value is -2.05. The highest BCUT2D eigenvalue weighted by Gasteiger charge is 2.32. The highest BCUT2D eigenvalue weighted by atomic mass is 19.4. The van der Waals surface area contributed by atoms with Crippen molar-refractivity contribution in [3.8, 4) is 5.75 Å². The first-order chi connectivity index (χ1) is 8.29. The minimum Gasteiger partial charge on any atom is -0.496 e. The molecule has 0 radical (unpaired) electrons. The maximum atomic E-state index is 12.6. The van der Waals surface area contributed by atoms with E-state index in [1.807, 2.05) is 0 Å². The van der Waals surface area contributed by atoms with Crippen LogP contribution in [-0.4, -0.2) is 19.3 Å². The first-order valence-electron chi connectivity index (χ1n) is 4.81. The number of anilines is 1. The molecule has 0 heterocycles. The van der Waals surface area contributed by atoms with E-state index in [9.17, 15) is 22.8 Å². The number of carbonyl (C=O) groups excluding carboxylic acids is 2. The van der Waals surface area contributed by atoms with Gasteiger partial charge in [0.05, 0.1) is 23.9 Å². The molecule has 0 aromatic heterocycles. The van der Waals surface area contributed by atoms with Crippen molar-refractivity contribution in [1.29, 1.82) is 0 Å². The van der Waals surface area contributed by atoms with Crippen LogP contribution in [0.4, 0.5) is 18.9 Å². The van der Waals surface area contributed by atoms with E-state index in [1.165, 1.54) is 0 Å². The van der Waals surface area contributed by atoms with E-state index in [0.29, 0.717) is 18.4 Å². The van der Waals surface area contributed by atoms with Gasteiger partial charge in [-0.3, -0.25) is 9.59 Å². The predicted octanol–water partition coefficient (Wildman–Crippen LogP) is 2.48. The highest BCUT2D eigenvalue weighted by molar-refractivity contribution is 5.97. The average Bonchev–Trinajstić information content (AvgIpc) is 2.25. The maximum absolute atomic E-state index is 12.6. The van der Waals surface area contributed by atoms with Crippen molar-refractivity contribution in [1.82, 2.24) is 0 Å². The number of hydrogen-bond donors (Lipinski definition) is 1. The highest BCUT2D eigenvalue weighted by Crippen LogP contribution is 2.36. The van der Waals surface area contributed by atoms with Crippen molar-refractivity contribution >= 4 is 17.9 Å². The lowest BCUT2D eigenvalue weighted by atomic mass is 10.1. The Kier molecular flexibility index (Phi) is 3.95. The van der Waals surface area contributed by atoms with Crippen molar-refractivity contribution in [2.45, 2.75) is 13.1 Å². The summed E-state index contributed by atoms with van der Waals surface area (Å²) in [4.78, 5) is 21.7. The second-order valence-corrected chi connectivity index (χ2v) is 3.44. The van der Waals surface area contributed by atoms with Gasteiger partial charge in [-0.05, 0) is 12.1 Å². The molecule has 1 amide bonds. The van der Waals surface area contributed by atoms with E-state index in [2.05, 4.69) is 5.32 Å². The van der Waals surface area contributed by atoms with Crippen LogP contribution in [0.25, 0.3) is 0 Å². The molecule has 0 saturated heterocycles. The zero-order valence-electron chi connectivity index (χ0n) is 9.59. The summed E-state index contributed by atoms with van der Waals surface area (Å²) in [5.41, 5.74) is -1.38. The van der Waals surface area contributed by atoms with Gasteiger partial charge in [0.15, 0.2) is 6.29 Å². The van der Waals surface area contributed by atoms with Gasteiger partial charge in [-0.25, -0.2) is 0 Å². The molecule has 1 aromatic carbocycles. The molecule has 98 valence electrons. The Morgan fingerprint density at radius 1 is 1.39 bits per heavy atom. The molecular weight excluding hydrogens is 251 g/mol. The molecule has 0 atom stereocenters. The molecule has 4 nitrogen and oxygen atoms in total. The molecule has 1 aromatic rings. The number of amides is 1. The summed E-state index contributed by atoms with van der Waals surface area (Å²) in [5.74, 6) is -0.831. The molecular formula is C11H10F3NO3. The molecule has 0 saturated carbocycles. The van der Waals surface area contributed by atoms with Crippen molar-refractivity contribution in [2.75, 3.05) is 12.4 Å². The van der Waals surface area contributed by atoms with Crippen molar-refractivity contribution in [3.63, 3.8) is 0 Å². The second-order valence-electron chi connectivity index (χ2n) is 3.44. The SMILES string of the molecule is COc1cc(C(F)(F)F)cc(NC(C)=O)c1C=O. The van der Waals surface area contributed by atoms with Gasteiger partial charge in [0.2, 0.25) is 5.91 Å². The summed E-state index contributed by atoms with van der Waals surface area (Å²) < 4.78 is 42.5. The van der Waals surface area contributed by atoms with Crippen LogP contribution in [0.1, 0.15) is 22.8 Å². The number of ether oxygens (including phenoxy) is 1. The summed E-state index contributed by atoms with van der Waals surface area (Å²) in [7, 11) is 1.14. The maximum Gasteiger partial charge on any atom is 0.416 e. The summed E-state index contributed by atoms with van der Waals surface area (Å²) in [6.07, 6.45) is -4.27. The smallest absolute Gasteiger partial charge is 0.416 e. The average molecular weight is 261 g/mol. The van der Waals surface area contributed by atoms with Crippen molar-refractivity contribution in [3.05, 3.63) is 23.3 Å². The van der Waals surface area contributed by atoms with Crippen LogP contribution >= 0.6 is 0 Å². The molecule has 7 heteroatoms. The summed E-state index contributed by atoms with van der Waals surface area (Å²) in [6, 6.07) is 1.39. The third-order valence-electron chi connectivity index (χ3n) is 2.12. The number of halogens is 3. The fourth-order valence-corrected chi connectivity index (χ4v) is 1.37. The first kappa shape index (κ1) is 14.0. The van der Waals surface area contributed by atoms with Crippen LogP contribution in [-0.2, 0) is 11.0 Å². The third-order valence-corrected chi connectivity index (χ3v) is 2.12. The Morgan fingerprint density at radius 2 is 2.00 bits per heavy atom. The van der Waals surface area contributed by atoms with E-state index in [0.717, 1.165) is 14.0 Å². The van der Waals surface area contributed by atoms with Gasteiger partial charge in [-0.1, -0.05) is 0 Å². The van der Waals surface area contributed by atoms with Crippen LogP contribution in [0.5, 0.6) is 5.75 Å². The lowest BCUT2D eigenvalue weighted by molar-refractivity contribution is -0.137. The topological polar surface area (TPSA) is 55.4 Å². The van der Waals surface area contributed by atoms with Gasteiger partial charge in [0.1, 0.15) is 5.75 Å². The Morgan fingerprint density at radius 3 is 2.39 bits per heavy atom. The molecule has 0 fully saturated rings. The largest absolute Gasteiger partial charge is 0.496 e. The number of aldehydes is 1. The standard InChI is InChI=1S/C11H10F3NO3/c1-6(17)15-9-3-7(11(12,13)14)4-10(18-2)8(9)5-16/h3-5H,1-2H3,(H,15,17). The van der Waals surface area contributed by atoms with Crippen molar-refractivity contribution in [2.24, 2.45) is 0 Å². The molecule has 0 aliphatic heterocycles. The quantitative estimate of drug-likeness (QED) is 0.850. The molecule has 1 rings (SSSR count). The number of carbonyl (C=O) groups is 2. The molecule has 0 unspecified atom stereocenters. The summed E-state index contributed by atoms with van der Waals surface area (Å²) in [6.45, 7) is 1.13. The van der Waals surface area contributed by atoms with E-state index in [1.54, 1.807) is 0 Å². The van der Waals surface area contributed by atoms with Crippen LogP contribution in [0.3, 0.4) is 0 Å². The molecule has 18 heavy (non-hydrogen) atoms. The van der Waals surface area contributed by atoms with Gasteiger partial charge in [-0.15, -0.1) is 0 Å². The lowest BCUT2D eigenvalue weighted by Crippen LogP contribution is -2.12. The van der Waals surface area contributed by atoms with Gasteiger partial charge in [0.25, 0.3) is 0 Å². The number of methoxy groups -OCH3 is 1. The Balaban J connectivity index is 3.45. The zero-order valence-corrected chi connectivity index (χ0v) is 9.59. The Bertz CT molecular complexity index is 483. The molecule has 0 aliphatic rings. The van der Waals surface area contributed by atoms with Crippen molar-refractivity contribution < 1.29 is 27.5 Å². The Labute approximate surface area is 101 Å². The number of rotatable bonds is 3. The van der Waals surface area contributed by atoms with Gasteiger partial charge >= 0.3 is 6.18 Å². The fraction of sp³-hybridized carbons (Fsp3) is 0.273. The van der Waals surface area contributed by atoms with E-state index >= 15 is 0 Å². The fourth-order valence-electron chi connectivity index (χ4n) is 1.37. The van der Waals surface area contributed by atoms with Gasteiger partial charge in [-0.2, -0.15) is 13.2 Å². The van der Waals surface area contributed by atoms with Crippen LogP contribution in [0.2, 0.25) is 0 Å². The molecule has 0 spiro atoms. The normalized spacial score (nSPS) is 10.9. The number of benzene rings is 1. The van der Waals surface area contributed by atoms with Crippen LogP contribution in [0, 0.1) is 0 Å². The molecule has 0 aliphatic carbocycles. The zero-order chi connectivity index (χ0) is 13.9. The minimum absolute atomic E-state index is 0.138. The van der Waals surface area contributed by atoms with Crippen LogP contribution < -0.4 is 10.1 Å². The minimum atomic E-state index is -4.60. The second kappa shape index (κ2) is 5.07. The van der Waals surface area contributed by atoms with E-state index in [-0.39, 0.29) is 17.0 Å². The number of alkyl halides is 3. The van der Waals surface area contributed by atoms with Crippen LogP contribution in [0.15, 0.2) is 12.1 Å². The number of nitrogens with one attached hydrogen (secondary N) is 1. The third kappa shape index (κ3) is 2.99. The first-order valence-corrected chi connectivity index (χ1v) is 4.81. The summed E-state index contributed by atoms with van der Waals surface area (Å²) in [5, 5.41) is 2.16. The van der Waals surface area contributed by atoms with Gasteiger partial charge < -0.3 is 10.1 Å². The van der Waals surface area contributed by atoms with E-state index in [4.69, 9.17) is 4.74 Å². The number of hydrogen-bond acceptors (Lipinski definition) is 3. The lowest BCUT2D eigenvalue weighted by Gasteiger charge is -2.14.